The summed E-state index contributed by atoms with van der Waals surface area (Å²) < 4.78 is 0. The van der Waals surface area contributed by atoms with Gasteiger partial charge < -0.3 is 9.80 Å². The zero-order valence-electron chi connectivity index (χ0n) is 26.3. The molecule has 5 aliphatic heterocycles. The first-order chi connectivity index (χ1) is 21.2. The first kappa shape index (κ1) is 26.0. The van der Waals surface area contributed by atoms with E-state index < -0.39 is 0 Å². The van der Waals surface area contributed by atoms with Gasteiger partial charge in [0.2, 0.25) is 0 Å². The van der Waals surface area contributed by atoms with Crippen LogP contribution in [0.5, 0.6) is 0 Å². The number of nitrogens with zero attached hydrogens (tertiary/aromatic N) is 4. The molecule has 0 spiro atoms. The average Bonchev–Trinajstić information content (AvgIpc) is 3.05. The minimum Gasteiger partial charge on any atom is -0.315 e. The summed E-state index contributed by atoms with van der Waals surface area (Å²) in [5, 5.41) is 0. The molecule has 11 rings (SSSR count). The summed E-state index contributed by atoms with van der Waals surface area (Å²) in [6.45, 7) is 0. The molecule has 6 nitrogen and oxygen atoms in total. The number of rotatable bonds is 0. The van der Waals surface area contributed by atoms with Crippen molar-refractivity contribution in [1.82, 2.24) is 19.6 Å². The molecule has 5 saturated heterocycles. The van der Waals surface area contributed by atoms with E-state index in [9.17, 15) is 4.79 Å². The Morgan fingerprint density at radius 1 is 0.419 bits per heavy atom. The van der Waals surface area contributed by atoms with Crippen LogP contribution in [-0.4, -0.2) is 91.8 Å². The van der Waals surface area contributed by atoms with E-state index in [4.69, 9.17) is 0 Å². The van der Waals surface area contributed by atoms with Crippen molar-refractivity contribution in [3.05, 3.63) is 0 Å². The molecule has 2 amide bonds. The fourth-order valence-electron chi connectivity index (χ4n) is 15.5. The molecule has 16 unspecified atom stereocenters. The van der Waals surface area contributed by atoms with Crippen LogP contribution in [0.3, 0.4) is 0 Å². The molecule has 5 heterocycles. The highest BCUT2D eigenvalue weighted by Crippen LogP contribution is 2.61. The molecule has 0 aromatic rings. The number of ketones is 1. The fourth-order valence-corrected chi connectivity index (χ4v) is 15.5. The number of piperidine rings is 2. The van der Waals surface area contributed by atoms with Gasteiger partial charge in [0.1, 0.15) is 5.78 Å². The van der Waals surface area contributed by atoms with Gasteiger partial charge in [0.05, 0.1) is 18.1 Å². The lowest BCUT2D eigenvalue weighted by atomic mass is 9.54. The van der Waals surface area contributed by atoms with Crippen LogP contribution in [0.15, 0.2) is 0 Å². The van der Waals surface area contributed by atoms with Gasteiger partial charge in [-0.25, -0.2) is 4.79 Å². The second kappa shape index (κ2) is 9.23. The molecule has 11 aliphatic rings. The topological polar surface area (TPSA) is 47.1 Å². The zero-order valence-corrected chi connectivity index (χ0v) is 26.3. The smallest absolute Gasteiger partial charge is 0.315 e. The van der Waals surface area contributed by atoms with Gasteiger partial charge >= 0.3 is 6.03 Å². The van der Waals surface area contributed by atoms with Crippen LogP contribution < -0.4 is 0 Å². The van der Waals surface area contributed by atoms with Crippen LogP contribution in [0.4, 0.5) is 4.79 Å². The highest BCUT2D eigenvalue weighted by Gasteiger charge is 2.71. The van der Waals surface area contributed by atoms with Crippen molar-refractivity contribution in [3.63, 3.8) is 0 Å². The standard InChI is InChI=1S/C37H54N4O2/c42-36-23-9-2-4-12-26(23)39-30-18-16-20-15-17-29-34-31(20)35(30)41(28-14-6-10-24(36)33(28)39)37(43)40(34)27-13-5-8-22-19-21-7-1-3-11-25(21)38(29)32(22)27/h20-35H,1-19H2. The highest BCUT2D eigenvalue weighted by atomic mass is 16.2. The van der Waals surface area contributed by atoms with Crippen molar-refractivity contribution in [3.8, 4) is 0 Å². The van der Waals surface area contributed by atoms with Gasteiger partial charge in [-0.1, -0.05) is 38.5 Å². The summed E-state index contributed by atoms with van der Waals surface area (Å²) in [6.07, 6.45) is 24.7. The molecule has 11 fully saturated rings. The lowest BCUT2D eigenvalue weighted by molar-refractivity contribution is -0.233. The quantitative estimate of drug-likeness (QED) is 0.359. The minimum absolute atomic E-state index is 0.180. The summed E-state index contributed by atoms with van der Waals surface area (Å²) in [4.78, 5) is 41.0. The Labute approximate surface area is 258 Å². The first-order valence-corrected chi connectivity index (χ1v) is 19.4. The van der Waals surface area contributed by atoms with Crippen LogP contribution in [0.1, 0.15) is 122 Å². The number of carbonyl (C=O) groups is 2. The second-order valence-electron chi connectivity index (χ2n) is 17.7. The van der Waals surface area contributed by atoms with E-state index >= 15 is 4.79 Å². The van der Waals surface area contributed by atoms with Gasteiger partial charge in [-0.2, -0.15) is 0 Å². The van der Waals surface area contributed by atoms with Crippen molar-refractivity contribution in [2.24, 2.45) is 35.5 Å². The normalized spacial score (nSPS) is 56.7. The summed E-state index contributed by atoms with van der Waals surface area (Å²) in [5.41, 5.74) is 0. The van der Waals surface area contributed by atoms with Crippen molar-refractivity contribution < 1.29 is 9.59 Å². The molecule has 0 N–H and O–H groups in total. The van der Waals surface area contributed by atoms with Gasteiger partial charge in [0.25, 0.3) is 0 Å². The van der Waals surface area contributed by atoms with Crippen LogP contribution in [0.2, 0.25) is 0 Å². The van der Waals surface area contributed by atoms with E-state index in [1.807, 2.05) is 0 Å². The third kappa shape index (κ3) is 3.20. The maximum absolute atomic E-state index is 15.4. The number of hydrogen-bond donors (Lipinski definition) is 0. The van der Waals surface area contributed by atoms with E-state index in [-0.39, 0.29) is 17.9 Å². The summed E-state index contributed by atoms with van der Waals surface area (Å²) >= 11 is 0. The molecular formula is C37H54N4O2. The third-order valence-corrected chi connectivity index (χ3v) is 16.5. The molecule has 43 heavy (non-hydrogen) atoms. The Kier molecular flexibility index (Phi) is 5.58. The van der Waals surface area contributed by atoms with Gasteiger partial charge in [-0.05, 0) is 101 Å². The number of hydrogen-bond acceptors (Lipinski definition) is 4. The van der Waals surface area contributed by atoms with E-state index in [0.29, 0.717) is 66.1 Å². The Hall–Kier alpha value is -1.14. The number of amides is 2. The van der Waals surface area contributed by atoms with Gasteiger partial charge in [0.15, 0.2) is 0 Å². The maximum Gasteiger partial charge on any atom is 0.321 e. The van der Waals surface area contributed by atoms with E-state index in [1.54, 1.807) is 0 Å². The molecule has 0 aromatic heterocycles. The van der Waals surface area contributed by atoms with Gasteiger partial charge in [0, 0.05) is 60.0 Å². The van der Waals surface area contributed by atoms with Gasteiger partial charge in [-0.15, -0.1) is 0 Å². The number of fused-ring (bicyclic) bond motifs is 8. The summed E-state index contributed by atoms with van der Waals surface area (Å²) in [5.74, 6) is 4.21. The first-order valence-electron chi connectivity index (χ1n) is 19.4. The zero-order chi connectivity index (χ0) is 28.1. The third-order valence-electron chi connectivity index (χ3n) is 16.5. The molecule has 16 atom stereocenters. The lowest BCUT2D eigenvalue weighted by Gasteiger charge is -2.75. The molecule has 0 bridgehead atoms. The number of Topliss-reactive ketones (excluding diaryl/α,β-unsaturated/α-hetero) is 1. The van der Waals surface area contributed by atoms with Crippen LogP contribution in [0.25, 0.3) is 0 Å². The van der Waals surface area contributed by atoms with Crippen LogP contribution in [0, 0.1) is 35.5 Å². The average molecular weight is 587 g/mol. The monoisotopic (exact) mass is 586 g/mol. The predicted molar refractivity (Wildman–Crippen MR) is 164 cm³/mol. The molecule has 6 saturated carbocycles. The largest absolute Gasteiger partial charge is 0.321 e. The van der Waals surface area contributed by atoms with Crippen molar-refractivity contribution in [1.29, 1.82) is 0 Å². The van der Waals surface area contributed by atoms with Crippen LogP contribution in [-0.2, 0) is 4.79 Å². The van der Waals surface area contributed by atoms with Crippen molar-refractivity contribution >= 4 is 11.8 Å². The molecule has 0 aromatic carbocycles. The molecule has 234 valence electrons. The Morgan fingerprint density at radius 3 is 1.79 bits per heavy atom. The molecule has 6 aliphatic carbocycles. The second-order valence-corrected chi connectivity index (χ2v) is 17.7. The molecule has 6 heteroatoms. The molecular weight excluding hydrogens is 532 g/mol. The Balaban J connectivity index is 1.06. The van der Waals surface area contributed by atoms with E-state index in [0.717, 1.165) is 49.5 Å². The highest BCUT2D eigenvalue weighted by molar-refractivity contribution is 5.87. The number of piperazine rings is 2. The molecule has 0 radical (unpaired) electrons. The van der Waals surface area contributed by atoms with Crippen LogP contribution >= 0.6 is 0 Å². The van der Waals surface area contributed by atoms with Crippen molar-refractivity contribution in [2.75, 3.05) is 0 Å². The SMILES string of the molecule is O=C1C2CCCCC2N2C3CCC4CCC5C6C4C3N(C(=O)N6C3CCCC4CC6CCCCC6N5C43)C3CCCC1C32. The Bertz CT molecular complexity index is 1210. The summed E-state index contributed by atoms with van der Waals surface area (Å²) in [7, 11) is 0. The summed E-state index contributed by atoms with van der Waals surface area (Å²) in [6, 6.07) is 5.25. The van der Waals surface area contributed by atoms with Crippen molar-refractivity contribution in [2.45, 2.75) is 182 Å². The minimum atomic E-state index is 0.180. The number of carbonyl (C=O) groups excluding carboxylic acids is 2. The number of urea groups is 1. The Morgan fingerprint density at radius 2 is 1.00 bits per heavy atom. The lowest BCUT2D eigenvalue weighted by Crippen LogP contribution is -2.88. The van der Waals surface area contributed by atoms with E-state index in [1.165, 1.54) is 96.3 Å². The predicted octanol–water partition coefficient (Wildman–Crippen LogP) is 5.83. The maximum atomic E-state index is 15.4. The van der Waals surface area contributed by atoms with Gasteiger partial charge in [-0.3, -0.25) is 14.6 Å². The van der Waals surface area contributed by atoms with E-state index in [2.05, 4.69) is 19.6 Å². The fraction of sp³-hybridized carbons (Fsp3) is 0.946.